The molecule has 2 aliphatic carbocycles. The maximum Gasteiger partial charge on any atom is 0.0113 e. The van der Waals surface area contributed by atoms with Crippen LogP contribution in [0.15, 0.2) is 0 Å². The summed E-state index contributed by atoms with van der Waals surface area (Å²) in [6.45, 7) is 6.12. The molecule has 0 aromatic rings. The van der Waals surface area contributed by atoms with Crippen molar-refractivity contribution in [1.29, 1.82) is 0 Å². The third kappa shape index (κ3) is 3.82. The fourth-order valence-electron chi connectivity index (χ4n) is 5.36. The SMILES string of the molecule is CC(C)C1CCCCC1NC1CCCC1C1CCCCN1. The molecule has 0 aromatic carbocycles. The molecule has 3 rings (SSSR count). The second-order valence-corrected chi connectivity index (χ2v) is 8.22. The Balaban J connectivity index is 1.59. The van der Waals surface area contributed by atoms with Crippen molar-refractivity contribution in [3.63, 3.8) is 0 Å². The van der Waals surface area contributed by atoms with Gasteiger partial charge in [-0.25, -0.2) is 0 Å². The zero-order chi connectivity index (χ0) is 14.7. The average molecular weight is 293 g/mol. The van der Waals surface area contributed by atoms with E-state index in [2.05, 4.69) is 24.5 Å². The molecule has 3 fully saturated rings. The van der Waals surface area contributed by atoms with E-state index in [0.29, 0.717) is 0 Å². The second-order valence-electron chi connectivity index (χ2n) is 8.22. The van der Waals surface area contributed by atoms with Crippen molar-refractivity contribution in [3.05, 3.63) is 0 Å². The number of hydrogen-bond acceptors (Lipinski definition) is 2. The lowest BCUT2D eigenvalue weighted by molar-refractivity contribution is 0.167. The van der Waals surface area contributed by atoms with Crippen LogP contribution in [0.4, 0.5) is 0 Å². The maximum atomic E-state index is 4.16. The highest BCUT2D eigenvalue weighted by Crippen LogP contribution is 2.35. The molecule has 5 unspecified atom stereocenters. The lowest BCUT2D eigenvalue weighted by Crippen LogP contribution is -2.52. The molecule has 0 radical (unpaired) electrons. The van der Waals surface area contributed by atoms with Crippen LogP contribution >= 0.6 is 0 Å². The predicted octanol–water partition coefficient (Wildman–Crippen LogP) is 4.10. The molecule has 0 spiro atoms. The van der Waals surface area contributed by atoms with Gasteiger partial charge >= 0.3 is 0 Å². The fraction of sp³-hybridized carbons (Fsp3) is 1.00. The Morgan fingerprint density at radius 3 is 2.33 bits per heavy atom. The van der Waals surface area contributed by atoms with Gasteiger partial charge in [0.15, 0.2) is 0 Å². The second kappa shape index (κ2) is 7.46. The molecule has 21 heavy (non-hydrogen) atoms. The van der Waals surface area contributed by atoms with Gasteiger partial charge in [0.05, 0.1) is 0 Å². The third-order valence-corrected chi connectivity index (χ3v) is 6.54. The van der Waals surface area contributed by atoms with Crippen LogP contribution in [0.25, 0.3) is 0 Å². The van der Waals surface area contributed by atoms with Gasteiger partial charge in [0.1, 0.15) is 0 Å². The summed E-state index contributed by atoms with van der Waals surface area (Å²) >= 11 is 0. The summed E-state index contributed by atoms with van der Waals surface area (Å²) in [5.41, 5.74) is 0. The molecule has 0 bridgehead atoms. The quantitative estimate of drug-likeness (QED) is 0.815. The standard InChI is InChI=1S/C19H36N2/c1-14(2)15-8-3-4-11-18(15)21-19-12-7-9-16(19)17-10-5-6-13-20-17/h14-21H,3-13H2,1-2H3. The highest BCUT2D eigenvalue weighted by Gasteiger charge is 2.37. The van der Waals surface area contributed by atoms with Gasteiger partial charge in [-0.15, -0.1) is 0 Å². The van der Waals surface area contributed by atoms with Crippen LogP contribution < -0.4 is 10.6 Å². The number of rotatable bonds is 4. The highest BCUT2D eigenvalue weighted by molar-refractivity contribution is 4.95. The largest absolute Gasteiger partial charge is 0.314 e. The molecular weight excluding hydrogens is 256 g/mol. The summed E-state index contributed by atoms with van der Waals surface area (Å²) in [5.74, 6) is 2.66. The molecule has 2 heteroatoms. The molecule has 2 nitrogen and oxygen atoms in total. The van der Waals surface area contributed by atoms with Gasteiger partial charge in [0, 0.05) is 18.1 Å². The van der Waals surface area contributed by atoms with Crippen LogP contribution in [0.2, 0.25) is 0 Å². The summed E-state index contributed by atoms with van der Waals surface area (Å²) < 4.78 is 0. The van der Waals surface area contributed by atoms with E-state index in [1.807, 2.05) is 0 Å². The Bertz CT molecular complexity index is 309. The summed E-state index contributed by atoms with van der Waals surface area (Å²) in [4.78, 5) is 0. The van der Waals surface area contributed by atoms with Crippen LogP contribution in [0, 0.1) is 17.8 Å². The van der Waals surface area contributed by atoms with E-state index in [4.69, 9.17) is 0 Å². The van der Waals surface area contributed by atoms with Crippen molar-refractivity contribution < 1.29 is 0 Å². The molecule has 0 aromatic heterocycles. The molecule has 1 heterocycles. The number of hydrogen-bond donors (Lipinski definition) is 2. The van der Waals surface area contributed by atoms with Gasteiger partial charge in [0.25, 0.3) is 0 Å². The molecule has 2 N–H and O–H groups in total. The normalized spacial score (nSPS) is 41.6. The Kier molecular flexibility index (Phi) is 5.61. The van der Waals surface area contributed by atoms with Crippen LogP contribution in [0.1, 0.15) is 78.1 Å². The molecule has 3 aliphatic rings. The van der Waals surface area contributed by atoms with Crippen LogP contribution in [-0.4, -0.2) is 24.7 Å². The van der Waals surface area contributed by atoms with E-state index in [9.17, 15) is 0 Å². The van der Waals surface area contributed by atoms with Crippen molar-refractivity contribution in [2.24, 2.45) is 17.8 Å². The van der Waals surface area contributed by atoms with Gasteiger partial charge in [-0.2, -0.15) is 0 Å². The monoisotopic (exact) mass is 292 g/mol. The molecule has 5 atom stereocenters. The highest BCUT2D eigenvalue weighted by atomic mass is 15.0. The van der Waals surface area contributed by atoms with Gasteiger partial charge in [-0.3, -0.25) is 0 Å². The molecular formula is C19H36N2. The summed E-state index contributed by atoms with van der Waals surface area (Å²) in [7, 11) is 0. The summed E-state index contributed by atoms with van der Waals surface area (Å²) in [6, 6.07) is 2.40. The van der Waals surface area contributed by atoms with Gasteiger partial charge in [-0.05, 0) is 62.8 Å². The Morgan fingerprint density at radius 1 is 0.810 bits per heavy atom. The molecule has 2 saturated carbocycles. The first kappa shape index (κ1) is 15.8. The van der Waals surface area contributed by atoms with E-state index in [1.165, 1.54) is 70.8 Å². The van der Waals surface area contributed by atoms with Gasteiger partial charge in [0.2, 0.25) is 0 Å². The fourth-order valence-corrected chi connectivity index (χ4v) is 5.36. The minimum Gasteiger partial charge on any atom is -0.314 e. The zero-order valence-electron chi connectivity index (χ0n) is 14.2. The first-order chi connectivity index (χ1) is 10.3. The first-order valence-electron chi connectivity index (χ1n) is 9.75. The lowest BCUT2D eigenvalue weighted by Gasteiger charge is -2.40. The summed E-state index contributed by atoms with van der Waals surface area (Å²) in [6.07, 6.45) is 14.3. The predicted molar refractivity (Wildman–Crippen MR) is 90.5 cm³/mol. The lowest BCUT2D eigenvalue weighted by atomic mass is 9.77. The van der Waals surface area contributed by atoms with E-state index >= 15 is 0 Å². The minimum absolute atomic E-state index is 0.796. The van der Waals surface area contributed by atoms with Crippen LogP contribution in [-0.2, 0) is 0 Å². The molecule has 1 saturated heterocycles. The van der Waals surface area contributed by atoms with E-state index in [-0.39, 0.29) is 0 Å². The molecule has 0 amide bonds. The van der Waals surface area contributed by atoms with Crippen molar-refractivity contribution in [1.82, 2.24) is 10.6 Å². The van der Waals surface area contributed by atoms with E-state index < -0.39 is 0 Å². The Hall–Kier alpha value is -0.0800. The van der Waals surface area contributed by atoms with Crippen LogP contribution in [0.5, 0.6) is 0 Å². The topological polar surface area (TPSA) is 24.1 Å². The molecule has 122 valence electrons. The Morgan fingerprint density at radius 2 is 1.57 bits per heavy atom. The van der Waals surface area contributed by atoms with Crippen molar-refractivity contribution in [3.8, 4) is 0 Å². The minimum atomic E-state index is 0.796. The van der Waals surface area contributed by atoms with Gasteiger partial charge in [-0.1, -0.05) is 39.5 Å². The molecule has 1 aliphatic heterocycles. The number of piperidine rings is 1. The van der Waals surface area contributed by atoms with E-state index in [1.54, 1.807) is 0 Å². The smallest absolute Gasteiger partial charge is 0.0113 e. The van der Waals surface area contributed by atoms with Gasteiger partial charge < -0.3 is 10.6 Å². The van der Waals surface area contributed by atoms with Crippen molar-refractivity contribution in [2.75, 3.05) is 6.54 Å². The van der Waals surface area contributed by atoms with Crippen LogP contribution in [0.3, 0.4) is 0 Å². The zero-order valence-corrected chi connectivity index (χ0v) is 14.2. The van der Waals surface area contributed by atoms with Crippen molar-refractivity contribution >= 4 is 0 Å². The maximum absolute atomic E-state index is 4.16. The summed E-state index contributed by atoms with van der Waals surface area (Å²) in [5, 5.41) is 7.98. The van der Waals surface area contributed by atoms with E-state index in [0.717, 1.165) is 35.9 Å². The van der Waals surface area contributed by atoms with Crippen molar-refractivity contribution in [2.45, 2.75) is 96.2 Å². The number of nitrogens with one attached hydrogen (secondary N) is 2. The third-order valence-electron chi connectivity index (χ3n) is 6.54. The first-order valence-corrected chi connectivity index (χ1v) is 9.75. The Labute approximate surface area is 131 Å². The average Bonchev–Trinajstić information content (AvgIpc) is 2.96.